The van der Waals surface area contributed by atoms with Crippen molar-refractivity contribution in [2.75, 3.05) is 6.54 Å². The van der Waals surface area contributed by atoms with E-state index in [4.69, 9.17) is 21.8 Å². The first-order valence-electron chi connectivity index (χ1n) is 7.95. The maximum absolute atomic E-state index is 12.3. The van der Waals surface area contributed by atoms with E-state index >= 15 is 0 Å². The van der Waals surface area contributed by atoms with Crippen LogP contribution in [-0.4, -0.2) is 12.5 Å². The van der Waals surface area contributed by atoms with Crippen molar-refractivity contribution in [1.29, 1.82) is 0 Å². The Hall–Kier alpha value is -1.49. The predicted octanol–water partition coefficient (Wildman–Crippen LogP) is 4.06. The highest BCUT2D eigenvalue weighted by Gasteiger charge is 2.36. The lowest BCUT2D eigenvalue weighted by Crippen LogP contribution is -2.38. The Balaban J connectivity index is 0.00000208. The summed E-state index contributed by atoms with van der Waals surface area (Å²) in [5.41, 5.74) is 7.28. The van der Waals surface area contributed by atoms with E-state index in [2.05, 4.69) is 17.4 Å². The zero-order valence-corrected chi connectivity index (χ0v) is 15.0. The third-order valence-corrected chi connectivity index (χ3v) is 4.97. The molecule has 1 aromatic heterocycles. The monoisotopic (exact) mass is 368 g/mol. The number of hydrogen-bond donors (Lipinski definition) is 2. The van der Waals surface area contributed by atoms with Crippen molar-refractivity contribution in [3.63, 3.8) is 0 Å². The number of carbonyl (C=O) groups is 1. The molecular weight excluding hydrogens is 347 g/mol. The van der Waals surface area contributed by atoms with Gasteiger partial charge >= 0.3 is 0 Å². The van der Waals surface area contributed by atoms with Crippen molar-refractivity contribution in [3.05, 3.63) is 58.5 Å². The summed E-state index contributed by atoms with van der Waals surface area (Å²) in [6.07, 6.45) is 5.98. The zero-order chi connectivity index (χ0) is 16.3. The summed E-state index contributed by atoms with van der Waals surface area (Å²) in [7, 11) is 0. The van der Waals surface area contributed by atoms with Gasteiger partial charge in [-0.15, -0.1) is 12.4 Å². The Bertz CT molecular complexity index is 677. The summed E-state index contributed by atoms with van der Waals surface area (Å²) in [6, 6.07) is 9.68. The minimum Gasteiger partial charge on any atom is -0.467 e. The molecule has 1 aromatic carbocycles. The molecule has 0 unspecified atom stereocenters. The Kier molecular flexibility index (Phi) is 6.33. The number of halogens is 2. The Morgan fingerprint density at radius 2 is 1.92 bits per heavy atom. The van der Waals surface area contributed by atoms with Crippen LogP contribution in [0.25, 0.3) is 0 Å². The summed E-state index contributed by atoms with van der Waals surface area (Å²) in [6.45, 7) is 0.915. The lowest BCUT2D eigenvalue weighted by molar-refractivity contribution is 0.0942. The maximum Gasteiger partial charge on any atom is 0.254 e. The van der Waals surface area contributed by atoms with Crippen molar-refractivity contribution >= 4 is 29.9 Å². The number of hydrogen-bond acceptors (Lipinski definition) is 3. The van der Waals surface area contributed by atoms with Gasteiger partial charge in [0.1, 0.15) is 12.0 Å². The first kappa shape index (κ1) is 18.8. The molecule has 1 aliphatic carbocycles. The van der Waals surface area contributed by atoms with Gasteiger partial charge in [-0.3, -0.25) is 4.79 Å². The molecule has 0 atom stereocenters. The fourth-order valence-electron chi connectivity index (χ4n) is 3.38. The number of nitrogens with one attached hydrogen (secondary N) is 1. The summed E-state index contributed by atoms with van der Waals surface area (Å²) >= 11 is 6.00. The number of benzene rings is 1. The highest BCUT2D eigenvalue weighted by molar-refractivity contribution is 6.30. The van der Waals surface area contributed by atoms with E-state index in [1.807, 2.05) is 12.1 Å². The van der Waals surface area contributed by atoms with Crippen LogP contribution in [0.2, 0.25) is 5.02 Å². The lowest BCUT2D eigenvalue weighted by Gasteiger charge is -2.30. The molecule has 0 spiro atoms. The fraction of sp³-hybridized carbons (Fsp3) is 0.389. The third kappa shape index (κ3) is 3.94. The van der Waals surface area contributed by atoms with Crippen molar-refractivity contribution in [1.82, 2.24) is 5.32 Å². The molecule has 1 heterocycles. The maximum atomic E-state index is 12.3. The van der Waals surface area contributed by atoms with Gasteiger partial charge in [0.25, 0.3) is 5.91 Å². The van der Waals surface area contributed by atoms with E-state index in [1.54, 1.807) is 6.07 Å². The highest BCUT2D eigenvalue weighted by Crippen LogP contribution is 2.41. The molecule has 0 saturated heterocycles. The highest BCUT2D eigenvalue weighted by atomic mass is 35.5. The minimum atomic E-state index is -0.117. The number of amides is 1. The second-order valence-corrected chi connectivity index (χ2v) is 6.62. The first-order chi connectivity index (χ1) is 11.1. The van der Waals surface area contributed by atoms with Crippen LogP contribution in [0.4, 0.5) is 0 Å². The Labute approximate surface area is 153 Å². The van der Waals surface area contributed by atoms with Crippen molar-refractivity contribution in [2.24, 2.45) is 5.73 Å². The molecule has 0 aliphatic heterocycles. The van der Waals surface area contributed by atoms with Crippen molar-refractivity contribution in [2.45, 2.75) is 37.6 Å². The van der Waals surface area contributed by atoms with Gasteiger partial charge in [-0.2, -0.15) is 0 Å². The van der Waals surface area contributed by atoms with Gasteiger partial charge in [-0.1, -0.05) is 36.6 Å². The molecule has 3 rings (SSSR count). The van der Waals surface area contributed by atoms with Gasteiger partial charge in [0.15, 0.2) is 0 Å². The molecule has 6 heteroatoms. The normalized spacial score (nSPS) is 15.8. The van der Waals surface area contributed by atoms with Gasteiger partial charge < -0.3 is 15.5 Å². The number of carbonyl (C=O) groups excluding carboxylic acids is 1. The predicted molar refractivity (Wildman–Crippen MR) is 97.8 cm³/mol. The summed E-state index contributed by atoms with van der Waals surface area (Å²) in [5.74, 6) is 0.497. The molecule has 24 heavy (non-hydrogen) atoms. The standard InChI is InChI=1S/C18H21ClN2O2.ClH/c19-15-5-3-14(4-6-15)18(7-1-2-8-18)12-21-17(22)13-9-16(10-20)23-11-13;/h3-6,9,11H,1-2,7-8,10,12,20H2,(H,21,22);1H. The van der Waals surface area contributed by atoms with E-state index < -0.39 is 0 Å². The van der Waals surface area contributed by atoms with Crippen LogP contribution in [0.5, 0.6) is 0 Å². The third-order valence-electron chi connectivity index (χ3n) is 4.72. The van der Waals surface area contributed by atoms with Crippen LogP contribution in [0.15, 0.2) is 41.0 Å². The molecule has 0 bridgehead atoms. The number of nitrogens with two attached hydrogens (primary N) is 1. The first-order valence-corrected chi connectivity index (χ1v) is 8.32. The summed E-state index contributed by atoms with van der Waals surface area (Å²) < 4.78 is 5.23. The van der Waals surface area contributed by atoms with E-state index in [9.17, 15) is 4.79 Å². The molecular formula is C18H22Cl2N2O2. The van der Waals surface area contributed by atoms with Gasteiger partial charge in [0, 0.05) is 17.0 Å². The fourth-order valence-corrected chi connectivity index (χ4v) is 3.51. The van der Waals surface area contributed by atoms with Crippen LogP contribution < -0.4 is 11.1 Å². The van der Waals surface area contributed by atoms with E-state index in [-0.39, 0.29) is 23.7 Å². The number of rotatable bonds is 5. The average molecular weight is 369 g/mol. The van der Waals surface area contributed by atoms with Crippen LogP contribution in [0, 0.1) is 0 Å². The average Bonchev–Trinajstić information content (AvgIpc) is 3.23. The smallest absolute Gasteiger partial charge is 0.254 e. The lowest BCUT2D eigenvalue weighted by atomic mass is 9.79. The van der Waals surface area contributed by atoms with Crippen LogP contribution in [0.3, 0.4) is 0 Å². The number of furan rings is 1. The SMILES string of the molecule is Cl.NCc1cc(C(=O)NCC2(c3ccc(Cl)cc3)CCCC2)co1. The molecule has 130 valence electrons. The quantitative estimate of drug-likeness (QED) is 0.835. The largest absolute Gasteiger partial charge is 0.467 e. The zero-order valence-electron chi connectivity index (χ0n) is 13.4. The Morgan fingerprint density at radius 3 is 2.50 bits per heavy atom. The van der Waals surface area contributed by atoms with Gasteiger partial charge in [0.2, 0.25) is 0 Å². The second kappa shape index (κ2) is 8.06. The molecule has 1 fully saturated rings. The molecule has 4 nitrogen and oxygen atoms in total. The van der Waals surface area contributed by atoms with E-state index in [0.29, 0.717) is 24.4 Å². The second-order valence-electron chi connectivity index (χ2n) is 6.18. The van der Waals surface area contributed by atoms with Crippen LogP contribution in [-0.2, 0) is 12.0 Å². The van der Waals surface area contributed by atoms with Crippen molar-refractivity contribution in [3.8, 4) is 0 Å². The molecule has 1 amide bonds. The van der Waals surface area contributed by atoms with Gasteiger partial charge in [0.05, 0.1) is 12.1 Å². The molecule has 1 aliphatic rings. The molecule has 2 aromatic rings. The van der Waals surface area contributed by atoms with Crippen LogP contribution >= 0.6 is 24.0 Å². The van der Waals surface area contributed by atoms with E-state index in [0.717, 1.165) is 17.9 Å². The van der Waals surface area contributed by atoms with Crippen LogP contribution in [0.1, 0.15) is 47.4 Å². The van der Waals surface area contributed by atoms with Gasteiger partial charge in [-0.25, -0.2) is 0 Å². The van der Waals surface area contributed by atoms with Gasteiger partial charge in [-0.05, 0) is 36.6 Å². The molecule has 1 saturated carbocycles. The summed E-state index contributed by atoms with van der Waals surface area (Å²) in [5, 5.41) is 3.79. The molecule has 3 N–H and O–H groups in total. The Morgan fingerprint density at radius 1 is 1.25 bits per heavy atom. The van der Waals surface area contributed by atoms with E-state index in [1.165, 1.54) is 24.7 Å². The van der Waals surface area contributed by atoms with Crippen molar-refractivity contribution < 1.29 is 9.21 Å². The minimum absolute atomic E-state index is 0. The summed E-state index contributed by atoms with van der Waals surface area (Å²) in [4.78, 5) is 12.3. The molecule has 0 radical (unpaired) electrons. The topological polar surface area (TPSA) is 68.3 Å².